The van der Waals surface area contributed by atoms with E-state index in [1.807, 2.05) is 49.7 Å². The lowest BCUT2D eigenvalue weighted by molar-refractivity contribution is -0.689. The summed E-state index contributed by atoms with van der Waals surface area (Å²) in [4.78, 5) is 12.4. The normalized spacial score (nSPS) is 10.5. The van der Waals surface area contributed by atoms with Crippen molar-refractivity contribution < 1.29 is 9.36 Å². The Morgan fingerprint density at radius 2 is 1.79 bits per heavy atom. The molecule has 98 valence electrons. The monoisotopic (exact) mass is 254 g/mol. The van der Waals surface area contributed by atoms with Gasteiger partial charge in [-0.1, -0.05) is 23.8 Å². The van der Waals surface area contributed by atoms with E-state index in [0.29, 0.717) is 6.54 Å². The molecule has 1 aromatic carbocycles. The number of ketones is 1. The molecule has 0 saturated carbocycles. The Balaban J connectivity index is 2.28. The average molecular weight is 254 g/mol. The fourth-order valence-electron chi connectivity index (χ4n) is 2.29. The molecule has 1 heterocycles. The second-order valence-corrected chi connectivity index (χ2v) is 5.15. The summed E-state index contributed by atoms with van der Waals surface area (Å²) in [6, 6.07) is 10.0. The third-order valence-electron chi connectivity index (χ3n) is 3.61. The largest absolute Gasteiger partial charge is 0.287 e. The van der Waals surface area contributed by atoms with Gasteiger partial charge in [0.25, 0.3) is 0 Å². The van der Waals surface area contributed by atoms with Crippen molar-refractivity contribution in [2.45, 2.75) is 34.2 Å². The summed E-state index contributed by atoms with van der Waals surface area (Å²) in [5, 5.41) is 0. The zero-order valence-electron chi connectivity index (χ0n) is 12.0. The first-order valence-corrected chi connectivity index (χ1v) is 6.55. The maximum Gasteiger partial charge on any atom is 0.227 e. The Hall–Kier alpha value is -1.96. The summed E-state index contributed by atoms with van der Waals surface area (Å²) in [6.07, 6.45) is 1.96. The number of aromatic nitrogens is 1. The lowest BCUT2D eigenvalue weighted by Gasteiger charge is -2.06. The van der Waals surface area contributed by atoms with E-state index in [4.69, 9.17) is 0 Å². The molecule has 0 spiro atoms. The van der Waals surface area contributed by atoms with E-state index in [1.54, 1.807) is 0 Å². The number of pyridine rings is 1. The van der Waals surface area contributed by atoms with E-state index in [0.717, 1.165) is 16.8 Å². The summed E-state index contributed by atoms with van der Waals surface area (Å²) in [6.45, 7) is 8.55. The standard InChI is InChI=1S/C17H20NO/c1-12-7-8-16(14(3)10-12)17(19)11-18-9-5-6-13(2)15(18)4/h5-10H,11H2,1-4H3/q+1. The molecule has 19 heavy (non-hydrogen) atoms. The van der Waals surface area contributed by atoms with E-state index < -0.39 is 0 Å². The number of aryl methyl sites for hydroxylation is 3. The zero-order chi connectivity index (χ0) is 14.0. The van der Waals surface area contributed by atoms with E-state index in [1.165, 1.54) is 11.1 Å². The molecule has 0 atom stereocenters. The third-order valence-corrected chi connectivity index (χ3v) is 3.61. The minimum absolute atomic E-state index is 0.163. The second-order valence-electron chi connectivity index (χ2n) is 5.15. The van der Waals surface area contributed by atoms with Crippen molar-refractivity contribution in [1.29, 1.82) is 0 Å². The van der Waals surface area contributed by atoms with Gasteiger partial charge in [-0.15, -0.1) is 0 Å². The number of carbonyl (C=O) groups excluding carboxylic acids is 1. The van der Waals surface area contributed by atoms with Gasteiger partial charge in [-0.05, 0) is 32.4 Å². The topological polar surface area (TPSA) is 20.9 Å². The molecule has 2 aromatic rings. The van der Waals surface area contributed by atoms with Crippen LogP contribution in [-0.2, 0) is 6.54 Å². The predicted molar refractivity (Wildman–Crippen MR) is 76.4 cm³/mol. The number of benzene rings is 1. The van der Waals surface area contributed by atoms with Gasteiger partial charge in [-0.25, -0.2) is 0 Å². The predicted octanol–water partition coefficient (Wildman–Crippen LogP) is 3.09. The highest BCUT2D eigenvalue weighted by Gasteiger charge is 2.16. The average Bonchev–Trinajstić information content (AvgIpc) is 2.34. The Labute approximate surface area is 114 Å². The molecule has 2 rings (SSSR count). The second kappa shape index (κ2) is 5.35. The number of hydrogen-bond donors (Lipinski definition) is 0. The third kappa shape index (κ3) is 2.90. The lowest BCUT2D eigenvalue weighted by Crippen LogP contribution is -2.41. The zero-order valence-corrected chi connectivity index (χ0v) is 12.0. The van der Waals surface area contributed by atoms with E-state index in [9.17, 15) is 4.79 Å². The Kier molecular flexibility index (Phi) is 3.79. The van der Waals surface area contributed by atoms with Crippen molar-refractivity contribution in [2.24, 2.45) is 0 Å². The SMILES string of the molecule is Cc1ccc(C(=O)C[n+]2cccc(C)c2C)c(C)c1. The van der Waals surface area contributed by atoms with E-state index in [2.05, 4.69) is 19.1 Å². The highest BCUT2D eigenvalue weighted by Crippen LogP contribution is 2.11. The van der Waals surface area contributed by atoms with Crippen LogP contribution in [0.25, 0.3) is 0 Å². The van der Waals surface area contributed by atoms with Crippen LogP contribution in [0.15, 0.2) is 36.5 Å². The van der Waals surface area contributed by atoms with Gasteiger partial charge in [0.1, 0.15) is 0 Å². The number of rotatable bonds is 3. The molecule has 2 heteroatoms. The molecular formula is C17H20NO+. The van der Waals surface area contributed by atoms with Crippen LogP contribution in [0.2, 0.25) is 0 Å². The van der Waals surface area contributed by atoms with Crippen molar-refractivity contribution >= 4 is 5.78 Å². The van der Waals surface area contributed by atoms with Crippen molar-refractivity contribution in [3.8, 4) is 0 Å². The first-order valence-electron chi connectivity index (χ1n) is 6.55. The smallest absolute Gasteiger partial charge is 0.227 e. The van der Waals surface area contributed by atoms with Crippen molar-refractivity contribution in [2.75, 3.05) is 0 Å². The summed E-state index contributed by atoms with van der Waals surface area (Å²) in [5.41, 5.74) is 5.40. The molecule has 0 saturated heterocycles. The number of nitrogens with zero attached hydrogens (tertiary/aromatic N) is 1. The summed E-state index contributed by atoms with van der Waals surface area (Å²) in [5.74, 6) is 0.163. The number of Topliss-reactive ketones (excluding diaryl/α,β-unsaturated/α-hetero) is 1. The molecule has 0 aliphatic heterocycles. The van der Waals surface area contributed by atoms with Crippen molar-refractivity contribution in [3.63, 3.8) is 0 Å². The van der Waals surface area contributed by atoms with Gasteiger partial charge in [0.05, 0.1) is 0 Å². The Morgan fingerprint density at radius 1 is 1.05 bits per heavy atom. The maximum atomic E-state index is 12.4. The minimum Gasteiger partial charge on any atom is -0.287 e. The Morgan fingerprint density at radius 3 is 2.47 bits per heavy atom. The van der Waals surface area contributed by atoms with Gasteiger partial charge in [-0.2, -0.15) is 4.57 Å². The highest BCUT2D eigenvalue weighted by molar-refractivity contribution is 5.96. The summed E-state index contributed by atoms with van der Waals surface area (Å²) >= 11 is 0. The van der Waals surface area contributed by atoms with Crippen LogP contribution in [0.3, 0.4) is 0 Å². The summed E-state index contributed by atoms with van der Waals surface area (Å²) in [7, 11) is 0. The minimum atomic E-state index is 0.163. The van der Waals surface area contributed by atoms with Crippen LogP contribution in [-0.4, -0.2) is 5.78 Å². The molecule has 0 radical (unpaired) electrons. The molecular weight excluding hydrogens is 234 g/mol. The van der Waals surface area contributed by atoms with Gasteiger partial charge in [0.2, 0.25) is 12.3 Å². The van der Waals surface area contributed by atoms with Gasteiger partial charge in [-0.3, -0.25) is 4.79 Å². The number of carbonyl (C=O) groups is 1. The van der Waals surface area contributed by atoms with Crippen LogP contribution < -0.4 is 4.57 Å². The van der Waals surface area contributed by atoms with Crippen LogP contribution >= 0.6 is 0 Å². The lowest BCUT2D eigenvalue weighted by atomic mass is 10.0. The fraction of sp³-hybridized carbons (Fsp3) is 0.294. The molecule has 0 bridgehead atoms. The van der Waals surface area contributed by atoms with Crippen LogP contribution in [0.5, 0.6) is 0 Å². The van der Waals surface area contributed by atoms with Gasteiger partial charge >= 0.3 is 0 Å². The highest BCUT2D eigenvalue weighted by atomic mass is 16.1. The molecule has 0 fully saturated rings. The fourth-order valence-corrected chi connectivity index (χ4v) is 2.29. The molecule has 0 aliphatic rings. The van der Waals surface area contributed by atoms with Gasteiger partial charge < -0.3 is 0 Å². The molecule has 0 aliphatic carbocycles. The maximum absolute atomic E-state index is 12.4. The summed E-state index contributed by atoms with van der Waals surface area (Å²) < 4.78 is 2.01. The van der Waals surface area contributed by atoms with Crippen LogP contribution in [0.1, 0.15) is 32.7 Å². The number of hydrogen-bond acceptors (Lipinski definition) is 1. The van der Waals surface area contributed by atoms with Crippen LogP contribution in [0.4, 0.5) is 0 Å². The molecule has 1 aromatic heterocycles. The van der Waals surface area contributed by atoms with Crippen LogP contribution in [0, 0.1) is 27.7 Å². The molecule has 0 N–H and O–H groups in total. The van der Waals surface area contributed by atoms with Crippen molar-refractivity contribution in [3.05, 3.63) is 64.5 Å². The van der Waals surface area contributed by atoms with E-state index in [-0.39, 0.29) is 5.78 Å². The van der Waals surface area contributed by atoms with Gasteiger partial charge in [0.15, 0.2) is 11.9 Å². The van der Waals surface area contributed by atoms with Gasteiger partial charge in [0, 0.05) is 24.1 Å². The quantitative estimate of drug-likeness (QED) is 0.609. The molecule has 0 amide bonds. The first kappa shape index (κ1) is 13.5. The molecule has 2 nitrogen and oxygen atoms in total. The molecule has 0 unspecified atom stereocenters. The first-order chi connectivity index (χ1) is 8.99. The van der Waals surface area contributed by atoms with Crippen molar-refractivity contribution in [1.82, 2.24) is 0 Å². The Bertz CT molecular complexity index is 629. The van der Waals surface area contributed by atoms with E-state index >= 15 is 0 Å².